The van der Waals surface area contributed by atoms with Gasteiger partial charge in [0.2, 0.25) is 0 Å². The standard InChI is InChI=1S/C20H16N6/c1-26-12-14(10-24-26)17-11-23-19-16(17)6-8-22-20(19)25-18-4-2-3-13-9-21-7-5-15(13)18/h2-12,16H,1H3,(H,22,25). The number of fused-ring (bicyclic) bond motifs is 2. The van der Waals surface area contributed by atoms with Crippen molar-refractivity contribution in [3.05, 3.63) is 73.1 Å². The average molecular weight is 340 g/mol. The summed E-state index contributed by atoms with van der Waals surface area (Å²) in [4.78, 5) is 13.4. The number of aliphatic imine (C=N–C) groups is 2. The van der Waals surface area contributed by atoms with Gasteiger partial charge in [-0.15, -0.1) is 0 Å². The van der Waals surface area contributed by atoms with Gasteiger partial charge < -0.3 is 5.32 Å². The van der Waals surface area contributed by atoms with Crippen LogP contribution in [-0.4, -0.2) is 26.3 Å². The predicted molar refractivity (Wildman–Crippen MR) is 104 cm³/mol. The van der Waals surface area contributed by atoms with Gasteiger partial charge in [-0.25, -0.2) is 4.99 Å². The number of aryl methyl sites for hydroxylation is 1. The number of anilines is 1. The second-order valence-corrected chi connectivity index (χ2v) is 6.33. The zero-order valence-electron chi connectivity index (χ0n) is 14.2. The molecule has 2 aliphatic heterocycles. The van der Waals surface area contributed by atoms with Crippen molar-refractivity contribution in [3.63, 3.8) is 0 Å². The normalized spacial score (nSPS) is 18.3. The molecule has 4 heterocycles. The van der Waals surface area contributed by atoms with E-state index in [-0.39, 0.29) is 5.92 Å². The lowest BCUT2D eigenvalue weighted by molar-refractivity contribution is 0.767. The van der Waals surface area contributed by atoms with Crippen LogP contribution >= 0.6 is 0 Å². The first-order valence-corrected chi connectivity index (χ1v) is 8.41. The predicted octanol–water partition coefficient (Wildman–Crippen LogP) is 3.42. The number of nitrogens with one attached hydrogen (secondary N) is 1. The third-order valence-corrected chi connectivity index (χ3v) is 4.67. The van der Waals surface area contributed by atoms with E-state index in [0.717, 1.165) is 39.1 Å². The van der Waals surface area contributed by atoms with E-state index in [4.69, 9.17) is 0 Å². The number of hydrogen-bond donors (Lipinski definition) is 1. The van der Waals surface area contributed by atoms with Crippen molar-refractivity contribution in [3.8, 4) is 0 Å². The van der Waals surface area contributed by atoms with Crippen molar-refractivity contribution in [2.75, 3.05) is 5.32 Å². The van der Waals surface area contributed by atoms with E-state index in [1.165, 1.54) is 0 Å². The lowest BCUT2D eigenvalue weighted by Gasteiger charge is -2.19. The molecule has 1 N–H and O–H groups in total. The Kier molecular flexibility index (Phi) is 3.28. The summed E-state index contributed by atoms with van der Waals surface area (Å²) in [5.41, 5.74) is 4.15. The average Bonchev–Trinajstić information content (AvgIpc) is 3.28. The van der Waals surface area contributed by atoms with E-state index < -0.39 is 0 Å². The zero-order chi connectivity index (χ0) is 17.5. The van der Waals surface area contributed by atoms with Gasteiger partial charge in [0, 0.05) is 60.1 Å². The van der Waals surface area contributed by atoms with Gasteiger partial charge in [-0.2, -0.15) is 5.10 Å². The molecule has 5 rings (SSSR count). The molecule has 0 saturated heterocycles. The van der Waals surface area contributed by atoms with Crippen LogP contribution < -0.4 is 5.32 Å². The lowest BCUT2D eigenvalue weighted by atomic mass is 9.91. The molecule has 6 nitrogen and oxygen atoms in total. The zero-order valence-corrected chi connectivity index (χ0v) is 14.2. The molecule has 2 aromatic heterocycles. The topological polar surface area (TPSA) is 67.5 Å². The minimum atomic E-state index is 0.0934. The van der Waals surface area contributed by atoms with Crippen molar-refractivity contribution in [2.24, 2.45) is 23.0 Å². The van der Waals surface area contributed by atoms with E-state index in [0.29, 0.717) is 0 Å². The summed E-state index contributed by atoms with van der Waals surface area (Å²) in [6.07, 6.45) is 13.4. The molecular weight excluding hydrogens is 324 g/mol. The van der Waals surface area contributed by atoms with Crippen LogP contribution in [0.3, 0.4) is 0 Å². The van der Waals surface area contributed by atoms with Crippen molar-refractivity contribution < 1.29 is 0 Å². The van der Waals surface area contributed by atoms with E-state index in [9.17, 15) is 0 Å². The van der Waals surface area contributed by atoms with Crippen LogP contribution in [0.15, 0.2) is 77.5 Å². The molecule has 1 aromatic carbocycles. The fraction of sp³-hybridized carbons (Fsp3) is 0.100. The maximum atomic E-state index is 4.64. The SMILES string of the molecule is Cn1cc(C2=CN=C3C(Nc4cccc5cnccc45)=NC=CC23)cn1. The highest BCUT2D eigenvalue weighted by molar-refractivity contribution is 6.50. The molecule has 126 valence electrons. The third-order valence-electron chi connectivity index (χ3n) is 4.67. The smallest absolute Gasteiger partial charge is 0.153 e. The quantitative estimate of drug-likeness (QED) is 0.777. The van der Waals surface area contributed by atoms with Crippen LogP contribution in [0.2, 0.25) is 0 Å². The second kappa shape index (κ2) is 5.77. The number of hydrogen-bond acceptors (Lipinski definition) is 5. The number of pyridine rings is 1. The van der Waals surface area contributed by atoms with Gasteiger partial charge >= 0.3 is 0 Å². The van der Waals surface area contributed by atoms with E-state index in [2.05, 4.69) is 31.5 Å². The number of benzene rings is 1. The molecule has 1 unspecified atom stereocenters. The van der Waals surface area contributed by atoms with Crippen molar-refractivity contribution in [1.29, 1.82) is 0 Å². The first kappa shape index (κ1) is 14.8. The fourth-order valence-electron chi connectivity index (χ4n) is 3.40. The second-order valence-electron chi connectivity index (χ2n) is 6.33. The third kappa shape index (κ3) is 2.35. The Labute approximate surface area is 150 Å². The number of rotatable bonds is 2. The number of amidine groups is 1. The highest BCUT2D eigenvalue weighted by Crippen LogP contribution is 2.33. The Morgan fingerprint density at radius 2 is 2.08 bits per heavy atom. The van der Waals surface area contributed by atoms with Crippen LogP contribution in [0.4, 0.5) is 5.69 Å². The first-order valence-electron chi connectivity index (χ1n) is 8.41. The summed E-state index contributed by atoms with van der Waals surface area (Å²) in [7, 11) is 1.92. The number of aromatic nitrogens is 3. The Morgan fingerprint density at radius 3 is 2.96 bits per heavy atom. The monoisotopic (exact) mass is 340 g/mol. The molecular formula is C20H16N6. The summed E-state index contributed by atoms with van der Waals surface area (Å²) < 4.78 is 1.80. The summed E-state index contributed by atoms with van der Waals surface area (Å²) >= 11 is 0. The Bertz CT molecular complexity index is 1130. The van der Waals surface area contributed by atoms with E-state index in [1.54, 1.807) is 10.9 Å². The Morgan fingerprint density at radius 1 is 1.12 bits per heavy atom. The number of nitrogens with zero attached hydrogens (tertiary/aromatic N) is 5. The van der Waals surface area contributed by atoms with Crippen LogP contribution in [0.5, 0.6) is 0 Å². The molecule has 0 aliphatic carbocycles. The van der Waals surface area contributed by atoms with Gasteiger partial charge in [0.15, 0.2) is 5.84 Å². The molecule has 26 heavy (non-hydrogen) atoms. The number of allylic oxidation sites excluding steroid dienone is 2. The molecule has 6 heteroatoms. The molecule has 0 fully saturated rings. The van der Waals surface area contributed by atoms with Crippen molar-refractivity contribution >= 4 is 33.6 Å². The maximum absolute atomic E-state index is 4.64. The van der Waals surface area contributed by atoms with Gasteiger partial charge in [-0.05, 0) is 17.7 Å². The molecule has 0 amide bonds. The van der Waals surface area contributed by atoms with Gasteiger partial charge in [0.25, 0.3) is 0 Å². The molecule has 3 aromatic rings. The van der Waals surface area contributed by atoms with Crippen molar-refractivity contribution in [2.45, 2.75) is 0 Å². The van der Waals surface area contributed by atoms with Crippen LogP contribution in [0.1, 0.15) is 5.56 Å². The molecule has 2 aliphatic rings. The molecule has 0 saturated carbocycles. The highest BCUT2D eigenvalue weighted by atomic mass is 15.2. The Balaban J connectivity index is 1.47. The van der Waals surface area contributed by atoms with Crippen LogP contribution in [0.25, 0.3) is 16.3 Å². The highest BCUT2D eigenvalue weighted by Gasteiger charge is 2.30. The molecule has 0 radical (unpaired) electrons. The summed E-state index contributed by atoms with van der Waals surface area (Å²) in [5.74, 6) is 0.868. The van der Waals surface area contributed by atoms with Gasteiger partial charge in [0.05, 0.1) is 17.8 Å². The van der Waals surface area contributed by atoms with E-state index >= 15 is 0 Å². The summed E-state index contributed by atoms with van der Waals surface area (Å²) in [6, 6.07) is 8.11. The lowest BCUT2D eigenvalue weighted by Crippen LogP contribution is -2.29. The molecule has 0 spiro atoms. The summed E-state index contributed by atoms with van der Waals surface area (Å²) in [5, 5.41) is 9.92. The van der Waals surface area contributed by atoms with Crippen molar-refractivity contribution in [1.82, 2.24) is 14.8 Å². The maximum Gasteiger partial charge on any atom is 0.153 e. The minimum absolute atomic E-state index is 0.0934. The van der Waals surface area contributed by atoms with Gasteiger partial charge in [-0.1, -0.05) is 18.2 Å². The fourth-order valence-corrected chi connectivity index (χ4v) is 3.40. The minimum Gasteiger partial charge on any atom is -0.338 e. The first-order chi connectivity index (χ1) is 12.8. The van der Waals surface area contributed by atoms with Gasteiger partial charge in [-0.3, -0.25) is 14.7 Å². The van der Waals surface area contributed by atoms with Gasteiger partial charge in [0.1, 0.15) is 0 Å². The van der Waals surface area contributed by atoms with Crippen LogP contribution in [0, 0.1) is 5.92 Å². The molecule has 1 atom stereocenters. The van der Waals surface area contributed by atoms with Crippen LogP contribution in [-0.2, 0) is 7.05 Å². The largest absolute Gasteiger partial charge is 0.338 e. The molecule has 0 bridgehead atoms. The summed E-state index contributed by atoms with van der Waals surface area (Å²) in [6.45, 7) is 0. The Hall–Kier alpha value is -3.54. The van der Waals surface area contributed by atoms with E-state index in [1.807, 2.05) is 62.3 Å².